The van der Waals surface area contributed by atoms with Gasteiger partial charge in [-0.2, -0.15) is 5.10 Å². The monoisotopic (exact) mass is 534 g/mol. The Balaban J connectivity index is 1.53. The second-order valence-electron chi connectivity index (χ2n) is 10.3. The van der Waals surface area contributed by atoms with Crippen molar-refractivity contribution in [3.63, 3.8) is 0 Å². The Labute approximate surface area is 223 Å². The van der Waals surface area contributed by atoms with Crippen LogP contribution in [-0.4, -0.2) is 57.3 Å². The quantitative estimate of drug-likeness (QED) is 0.492. The summed E-state index contributed by atoms with van der Waals surface area (Å²) in [6.45, 7) is 1.44. The first kappa shape index (κ1) is 25.2. The van der Waals surface area contributed by atoms with Crippen LogP contribution in [0, 0.1) is 11.6 Å². The van der Waals surface area contributed by atoms with E-state index in [1.807, 2.05) is 30.3 Å². The summed E-state index contributed by atoms with van der Waals surface area (Å²) >= 11 is 0. The molecule has 0 spiro atoms. The molecule has 10 heteroatoms. The fraction of sp³-hybridized carbons (Fsp3) is 0.379. The van der Waals surface area contributed by atoms with Gasteiger partial charge in [0.05, 0.1) is 18.3 Å². The van der Waals surface area contributed by atoms with E-state index in [1.54, 1.807) is 4.90 Å². The summed E-state index contributed by atoms with van der Waals surface area (Å²) in [6, 6.07) is 12.1. The standard InChI is InChI=1S/C29H28F2N4O4/c30-20-12-7-11-19(24(20)31)23(18-9-3-1-4-10-18)25-21-13-8-16-34(21)28(37)26-27(22(36)17-32-35(25)26)39-29(38)33-14-5-2-6-15-33/h1,3-4,7,9-12,17,21,23,25H,2,5-6,8,13-16H2/t21-,23-,25-/m1/s1. The van der Waals surface area contributed by atoms with Crippen molar-refractivity contribution in [3.8, 4) is 5.75 Å². The summed E-state index contributed by atoms with van der Waals surface area (Å²) in [5, 5.41) is 4.35. The molecule has 3 atom stereocenters. The topological polar surface area (TPSA) is 84.7 Å². The molecule has 39 heavy (non-hydrogen) atoms. The minimum atomic E-state index is -0.979. The summed E-state index contributed by atoms with van der Waals surface area (Å²) in [7, 11) is 0. The van der Waals surface area contributed by atoms with E-state index in [4.69, 9.17) is 4.74 Å². The largest absolute Gasteiger partial charge is 0.415 e. The molecule has 1 aromatic heterocycles. The van der Waals surface area contributed by atoms with E-state index >= 15 is 4.39 Å². The van der Waals surface area contributed by atoms with Crippen molar-refractivity contribution >= 4 is 12.0 Å². The van der Waals surface area contributed by atoms with Gasteiger partial charge in [-0.25, -0.2) is 18.3 Å². The minimum Gasteiger partial charge on any atom is -0.403 e. The summed E-state index contributed by atoms with van der Waals surface area (Å²) < 4.78 is 36.9. The van der Waals surface area contributed by atoms with Gasteiger partial charge in [0.1, 0.15) is 0 Å². The van der Waals surface area contributed by atoms with E-state index in [9.17, 15) is 18.8 Å². The molecule has 0 radical (unpaired) electrons. The Morgan fingerprint density at radius 3 is 2.49 bits per heavy atom. The van der Waals surface area contributed by atoms with Crippen LogP contribution in [0.5, 0.6) is 5.75 Å². The maximum atomic E-state index is 15.4. The van der Waals surface area contributed by atoms with Gasteiger partial charge in [0, 0.05) is 31.1 Å². The third-order valence-corrected chi connectivity index (χ3v) is 8.03. The number of fused-ring (bicyclic) bond motifs is 2. The number of aromatic nitrogens is 2. The predicted octanol–water partition coefficient (Wildman–Crippen LogP) is 4.50. The Morgan fingerprint density at radius 1 is 0.949 bits per heavy atom. The molecular formula is C29H28F2N4O4. The number of benzene rings is 2. The highest BCUT2D eigenvalue weighted by atomic mass is 19.2. The Hall–Kier alpha value is -4.08. The minimum absolute atomic E-state index is 0.116. The van der Waals surface area contributed by atoms with Crippen molar-refractivity contribution in [2.45, 2.75) is 50.1 Å². The van der Waals surface area contributed by atoms with Gasteiger partial charge in [0.2, 0.25) is 11.2 Å². The number of ether oxygens (including phenoxy) is 1. The van der Waals surface area contributed by atoms with Crippen molar-refractivity contribution < 1.29 is 23.1 Å². The molecule has 202 valence electrons. The number of carbonyl (C=O) groups is 2. The lowest BCUT2D eigenvalue weighted by Gasteiger charge is -2.42. The van der Waals surface area contributed by atoms with Crippen molar-refractivity contribution in [3.05, 3.63) is 93.4 Å². The van der Waals surface area contributed by atoms with Gasteiger partial charge in [0.15, 0.2) is 17.3 Å². The third kappa shape index (κ3) is 4.37. The molecule has 4 heterocycles. The molecule has 2 aromatic carbocycles. The Morgan fingerprint density at radius 2 is 1.72 bits per heavy atom. The lowest BCUT2D eigenvalue weighted by atomic mass is 9.79. The average Bonchev–Trinajstić information content (AvgIpc) is 3.45. The molecule has 2 saturated heterocycles. The van der Waals surface area contributed by atoms with Gasteiger partial charge in [-0.1, -0.05) is 42.5 Å². The lowest BCUT2D eigenvalue weighted by molar-refractivity contribution is 0.0562. The summed E-state index contributed by atoms with van der Waals surface area (Å²) in [4.78, 5) is 43.0. The number of piperidine rings is 1. The molecule has 6 rings (SSSR count). The zero-order valence-corrected chi connectivity index (χ0v) is 21.3. The first-order valence-corrected chi connectivity index (χ1v) is 13.3. The summed E-state index contributed by atoms with van der Waals surface area (Å²) in [5.74, 6) is -3.56. The molecule has 0 bridgehead atoms. The van der Waals surface area contributed by atoms with E-state index in [0.29, 0.717) is 38.0 Å². The molecule has 2 fully saturated rings. The van der Waals surface area contributed by atoms with Crippen LogP contribution in [0.25, 0.3) is 0 Å². The maximum absolute atomic E-state index is 15.4. The van der Waals surface area contributed by atoms with Crippen LogP contribution in [0.4, 0.5) is 13.6 Å². The maximum Gasteiger partial charge on any atom is 0.415 e. The van der Waals surface area contributed by atoms with Crippen molar-refractivity contribution in [1.82, 2.24) is 19.6 Å². The van der Waals surface area contributed by atoms with Crippen LogP contribution in [0.3, 0.4) is 0 Å². The first-order valence-electron chi connectivity index (χ1n) is 13.3. The number of carbonyl (C=O) groups excluding carboxylic acids is 2. The molecular weight excluding hydrogens is 506 g/mol. The van der Waals surface area contributed by atoms with Gasteiger partial charge >= 0.3 is 6.09 Å². The average molecular weight is 535 g/mol. The van der Waals surface area contributed by atoms with E-state index < -0.39 is 47.1 Å². The van der Waals surface area contributed by atoms with Crippen LogP contribution >= 0.6 is 0 Å². The third-order valence-electron chi connectivity index (χ3n) is 8.03. The lowest BCUT2D eigenvalue weighted by Crippen LogP contribution is -2.51. The summed E-state index contributed by atoms with van der Waals surface area (Å²) in [6.07, 6.45) is 4.31. The van der Waals surface area contributed by atoms with Crippen LogP contribution in [0.2, 0.25) is 0 Å². The number of likely N-dealkylation sites (tertiary alicyclic amines) is 1. The van der Waals surface area contributed by atoms with E-state index in [1.165, 1.54) is 21.7 Å². The summed E-state index contributed by atoms with van der Waals surface area (Å²) in [5.41, 5.74) is -0.0180. The van der Waals surface area contributed by atoms with E-state index in [-0.39, 0.29) is 17.0 Å². The Kier molecular flexibility index (Phi) is 6.62. The normalized spacial score (nSPS) is 21.3. The van der Waals surface area contributed by atoms with Gasteiger partial charge in [0.25, 0.3) is 5.91 Å². The van der Waals surface area contributed by atoms with Crippen molar-refractivity contribution in [2.75, 3.05) is 19.6 Å². The molecule has 3 aliphatic rings. The fourth-order valence-corrected chi connectivity index (χ4v) is 6.24. The SMILES string of the molecule is O=C(Oc1c2n(ncc1=O)[C@@H]([C@H](c1ccccc1)c1cccc(F)c1F)[C@H]1CCCN1C2=O)N1CCCCC1. The number of nitrogens with zero attached hydrogens (tertiary/aromatic N) is 4. The highest BCUT2D eigenvalue weighted by Crippen LogP contribution is 2.46. The van der Waals surface area contributed by atoms with Crippen LogP contribution in [0.15, 0.2) is 59.5 Å². The zero-order valence-electron chi connectivity index (χ0n) is 21.3. The second kappa shape index (κ2) is 10.2. The fourth-order valence-electron chi connectivity index (χ4n) is 6.24. The molecule has 0 saturated carbocycles. The number of halogens is 2. The predicted molar refractivity (Wildman–Crippen MR) is 138 cm³/mol. The molecule has 0 N–H and O–H groups in total. The van der Waals surface area contributed by atoms with Crippen molar-refractivity contribution in [1.29, 1.82) is 0 Å². The van der Waals surface area contributed by atoms with Crippen LogP contribution in [0.1, 0.15) is 65.7 Å². The van der Waals surface area contributed by atoms with E-state index in [2.05, 4.69) is 5.10 Å². The number of rotatable bonds is 4. The molecule has 3 aromatic rings. The zero-order chi connectivity index (χ0) is 27.1. The molecule has 0 unspecified atom stereocenters. The Bertz CT molecular complexity index is 1470. The highest BCUT2D eigenvalue weighted by Gasteiger charge is 2.49. The molecule has 3 aliphatic heterocycles. The van der Waals surface area contributed by atoms with Gasteiger partial charge in [-0.15, -0.1) is 0 Å². The van der Waals surface area contributed by atoms with Gasteiger partial charge < -0.3 is 14.5 Å². The van der Waals surface area contributed by atoms with Crippen LogP contribution < -0.4 is 10.2 Å². The smallest absolute Gasteiger partial charge is 0.403 e. The number of amides is 2. The van der Waals surface area contributed by atoms with Crippen molar-refractivity contribution in [2.24, 2.45) is 0 Å². The number of hydrogen-bond acceptors (Lipinski definition) is 5. The molecule has 8 nitrogen and oxygen atoms in total. The van der Waals surface area contributed by atoms with Crippen LogP contribution in [-0.2, 0) is 0 Å². The van der Waals surface area contributed by atoms with E-state index in [0.717, 1.165) is 31.5 Å². The molecule has 2 amide bonds. The highest BCUT2D eigenvalue weighted by molar-refractivity contribution is 5.97. The van der Waals surface area contributed by atoms with Gasteiger partial charge in [-0.05, 0) is 43.7 Å². The number of hydrogen-bond donors (Lipinski definition) is 0. The van der Waals surface area contributed by atoms with Gasteiger partial charge in [-0.3, -0.25) is 9.59 Å². The molecule has 0 aliphatic carbocycles. The first-order chi connectivity index (χ1) is 19.0. The second-order valence-corrected chi connectivity index (χ2v) is 10.3.